The van der Waals surface area contributed by atoms with Gasteiger partial charge >= 0.3 is 0 Å². The number of likely N-dealkylation sites (N-methyl/N-ethyl adjacent to an activating group) is 1. The summed E-state index contributed by atoms with van der Waals surface area (Å²) in [6, 6.07) is 6.10. The van der Waals surface area contributed by atoms with Crippen molar-refractivity contribution in [2.24, 2.45) is 4.99 Å². The summed E-state index contributed by atoms with van der Waals surface area (Å²) < 4.78 is 0. The molecule has 0 amide bonds. The molecule has 0 unspecified atom stereocenters. The summed E-state index contributed by atoms with van der Waals surface area (Å²) >= 11 is 0. The number of aromatic nitrogens is 3. The summed E-state index contributed by atoms with van der Waals surface area (Å²) in [5.41, 5.74) is 1.19. The molecule has 0 atom stereocenters. The molecule has 0 aliphatic carbocycles. The second-order valence-electron chi connectivity index (χ2n) is 8.01. The molecule has 2 aliphatic rings. The van der Waals surface area contributed by atoms with E-state index in [0.717, 1.165) is 76.6 Å². The van der Waals surface area contributed by atoms with Crippen molar-refractivity contribution >= 4 is 17.7 Å². The summed E-state index contributed by atoms with van der Waals surface area (Å²) in [6.07, 6.45) is 5.50. The van der Waals surface area contributed by atoms with Gasteiger partial charge < -0.3 is 24.9 Å². The molecule has 9 nitrogen and oxygen atoms in total. The molecule has 2 aromatic heterocycles. The number of hydrogen-bond acceptors (Lipinski definition) is 7. The van der Waals surface area contributed by atoms with Crippen LogP contribution in [-0.2, 0) is 6.54 Å². The smallest absolute Gasteiger partial charge is 0.225 e. The summed E-state index contributed by atoms with van der Waals surface area (Å²) in [4.78, 5) is 27.5. The number of nitrogens with zero attached hydrogens (tertiary/aromatic N) is 8. The first-order valence-corrected chi connectivity index (χ1v) is 11.2. The van der Waals surface area contributed by atoms with Crippen LogP contribution in [0, 0.1) is 0 Å². The van der Waals surface area contributed by atoms with Crippen LogP contribution < -0.4 is 15.1 Å². The Morgan fingerprint density at radius 1 is 0.935 bits per heavy atom. The second kappa shape index (κ2) is 10.4. The van der Waals surface area contributed by atoms with Gasteiger partial charge in [0.05, 0.1) is 6.54 Å². The second-order valence-corrected chi connectivity index (χ2v) is 8.01. The van der Waals surface area contributed by atoms with E-state index < -0.39 is 0 Å². The minimum absolute atomic E-state index is 0.646. The number of rotatable bonds is 5. The minimum Gasteiger partial charge on any atom is -0.357 e. The molecule has 2 aliphatic heterocycles. The van der Waals surface area contributed by atoms with E-state index in [4.69, 9.17) is 4.99 Å². The van der Waals surface area contributed by atoms with Gasteiger partial charge in [-0.25, -0.2) is 19.9 Å². The van der Waals surface area contributed by atoms with Gasteiger partial charge in [-0.05, 0) is 37.7 Å². The van der Waals surface area contributed by atoms with E-state index in [2.05, 4.69) is 66.0 Å². The molecule has 0 aromatic carbocycles. The van der Waals surface area contributed by atoms with Crippen LogP contribution in [0.3, 0.4) is 0 Å². The first-order valence-electron chi connectivity index (χ1n) is 11.2. The number of hydrogen-bond donors (Lipinski definition) is 1. The van der Waals surface area contributed by atoms with Crippen molar-refractivity contribution in [3.05, 3.63) is 42.4 Å². The van der Waals surface area contributed by atoms with Gasteiger partial charge in [-0.3, -0.25) is 0 Å². The van der Waals surface area contributed by atoms with Crippen molar-refractivity contribution in [3.63, 3.8) is 0 Å². The predicted octanol–water partition coefficient (Wildman–Crippen LogP) is 0.911. The van der Waals surface area contributed by atoms with Crippen molar-refractivity contribution in [3.8, 4) is 0 Å². The van der Waals surface area contributed by atoms with Crippen LogP contribution in [-0.4, -0.2) is 96.7 Å². The van der Waals surface area contributed by atoms with E-state index in [-0.39, 0.29) is 0 Å². The number of piperazine rings is 2. The fourth-order valence-electron chi connectivity index (χ4n) is 3.93. The van der Waals surface area contributed by atoms with Crippen molar-refractivity contribution in [1.82, 2.24) is 30.1 Å². The Hall–Kier alpha value is -2.94. The van der Waals surface area contributed by atoms with Crippen molar-refractivity contribution in [2.75, 3.05) is 75.8 Å². The van der Waals surface area contributed by atoms with Gasteiger partial charge in [0.25, 0.3) is 0 Å². The lowest BCUT2D eigenvalue weighted by atomic mass is 10.2. The average Bonchev–Trinajstić information content (AvgIpc) is 2.83. The van der Waals surface area contributed by atoms with Crippen LogP contribution in [0.25, 0.3) is 0 Å². The van der Waals surface area contributed by atoms with Gasteiger partial charge in [0, 0.05) is 77.5 Å². The Bertz CT molecular complexity index is 841. The highest BCUT2D eigenvalue weighted by molar-refractivity contribution is 5.80. The first-order chi connectivity index (χ1) is 15.2. The zero-order valence-corrected chi connectivity index (χ0v) is 18.6. The topological polar surface area (TPSA) is 76.0 Å². The highest BCUT2D eigenvalue weighted by atomic mass is 15.4. The van der Waals surface area contributed by atoms with Gasteiger partial charge in [-0.15, -0.1) is 0 Å². The molecule has 4 heterocycles. The van der Waals surface area contributed by atoms with Crippen LogP contribution in [0.1, 0.15) is 12.5 Å². The molecule has 1 N–H and O–H groups in total. The molecule has 0 spiro atoms. The van der Waals surface area contributed by atoms with Crippen molar-refractivity contribution in [1.29, 1.82) is 0 Å². The largest absolute Gasteiger partial charge is 0.357 e. The fraction of sp³-hybridized carbons (Fsp3) is 0.545. The standard InChI is InChI=1S/C22H33N9/c1-3-23-21(30-13-15-31(16-14-30)22-25-6-4-7-26-22)27-18-19-5-8-24-20(17-19)29-11-9-28(2)10-12-29/h4-8,17H,3,9-16,18H2,1-2H3,(H,23,27). The third-order valence-electron chi connectivity index (χ3n) is 5.80. The van der Waals surface area contributed by atoms with Gasteiger partial charge in [-0.1, -0.05) is 0 Å². The molecule has 166 valence electrons. The van der Waals surface area contributed by atoms with Crippen LogP contribution >= 0.6 is 0 Å². The third-order valence-corrected chi connectivity index (χ3v) is 5.80. The third kappa shape index (κ3) is 5.61. The Morgan fingerprint density at radius 2 is 1.65 bits per heavy atom. The number of nitrogens with one attached hydrogen (secondary N) is 1. The quantitative estimate of drug-likeness (QED) is 0.562. The molecule has 9 heteroatoms. The number of pyridine rings is 1. The molecule has 4 rings (SSSR count). The molecule has 0 saturated carbocycles. The zero-order valence-electron chi connectivity index (χ0n) is 18.6. The maximum Gasteiger partial charge on any atom is 0.225 e. The van der Waals surface area contributed by atoms with Crippen LogP contribution in [0.15, 0.2) is 41.8 Å². The Balaban J connectivity index is 1.38. The molecule has 31 heavy (non-hydrogen) atoms. The molecule has 2 fully saturated rings. The summed E-state index contributed by atoms with van der Waals surface area (Å²) in [6.45, 7) is 11.4. The van der Waals surface area contributed by atoms with Gasteiger partial charge in [0.2, 0.25) is 5.95 Å². The summed E-state index contributed by atoms with van der Waals surface area (Å²) in [5.74, 6) is 2.83. The SMILES string of the molecule is CCNC(=NCc1ccnc(N2CCN(C)CC2)c1)N1CCN(c2ncccn2)CC1. The van der Waals surface area contributed by atoms with E-state index in [1.54, 1.807) is 12.4 Å². The van der Waals surface area contributed by atoms with E-state index in [0.29, 0.717) is 6.54 Å². The molecule has 0 radical (unpaired) electrons. The molecular weight excluding hydrogens is 390 g/mol. The average molecular weight is 424 g/mol. The number of anilines is 2. The lowest BCUT2D eigenvalue weighted by Gasteiger charge is -2.36. The van der Waals surface area contributed by atoms with Crippen molar-refractivity contribution in [2.45, 2.75) is 13.5 Å². The van der Waals surface area contributed by atoms with Crippen LogP contribution in [0.5, 0.6) is 0 Å². The first kappa shape index (κ1) is 21.3. The number of aliphatic imine (C=N–C) groups is 1. The Labute approximate surface area is 184 Å². The van der Waals surface area contributed by atoms with Crippen molar-refractivity contribution < 1.29 is 0 Å². The number of guanidine groups is 1. The molecular formula is C22H33N9. The summed E-state index contributed by atoms with van der Waals surface area (Å²) in [7, 11) is 2.17. The van der Waals surface area contributed by atoms with Gasteiger partial charge in [-0.2, -0.15) is 0 Å². The van der Waals surface area contributed by atoms with E-state index >= 15 is 0 Å². The predicted molar refractivity (Wildman–Crippen MR) is 125 cm³/mol. The molecule has 2 aromatic rings. The normalized spacial score (nSPS) is 18.4. The highest BCUT2D eigenvalue weighted by Crippen LogP contribution is 2.16. The van der Waals surface area contributed by atoms with E-state index in [1.807, 2.05) is 12.3 Å². The lowest BCUT2D eigenvalue weighted by Crippen LogP contribution is -2.53. The Morgan fingerprint density at radius 3 is 2.35 bits per heavy atom. The van der Waals surface area contributed by atoms with E-state index in [9.17, 15) is 0 Å². The molecule has 2 saturated heterocycles. The highest BCUT2D eigenvalue weighted by Gasteiger charge is 2.21. The van der Waals surface area contributed by atoms with Crippen LogP contribution in [0.4, 0.5) is 11.8 Å². The maximum absolute atomic E-state index is 4.93. The van der Waals surface area contributed by atoms with Gasteiger partial charge in [0.1, 0.15) is 5.82 Å². The zero-order chi connectivity index (χ0) is 21.5. The van der Waals surface area contributed by atoms with Crippen LogP contribution in [0.2, 0.25) is 0 Å². The Kier molecular flexibility index (Phi) is 7.14. The van der Waals surface area contributed by atoms with E-state index in [1.165, 1.54) is 5.56 Å². The van der Waals surface area contributed by atoms with Gasteiger partial charge in [0.15, 0.2) is 5.96 Å². The molecule has 0 bridgehead atoms. The maximum atomic E-state index is 4.93. The minimum atomic E-state index is 0.646. The lowest BCUT2D eigenvalue weighted by molar-refractivity contribution is 0.312. The monoisotopic (exact) mass is 423 g/mol. The summed E-state index contributed by atoms with van der Waals surface area (Å²) in [5, 5.41) is 3.45. The fourth-order valence-corrected chi connectivity index (χ4v) is 3.93.